The lowest BCUT2D eigenvalue weighted by Gasteiger charge is -1.94. The van der Waals surface area contributed by atoms with Crippen LogP contribution >= 0.6 is 15.9 Å². The second-order valence-corrected chi connectivity index (χ2v) is 3.49. The lowest BCUT2D eigenvalue weighted by Crippen LogP contribution is -1.99. The van der Waals surface area contributed by atoms with Crippen molar-refractivity contribution in [2.75, 3.05) is 7.11 Å². The Morgan fingerprint density at radius 3 is 3.07 bits per heavy atom. The lowest BCUT2D eigenvalue weighted by molar-refractivity contribution is 0.0558. The number of hydrogen-bond donors (Lipinski definition) is 0. The standard InChI is InChI=1S/C9H6BrNO3/c1-13-9(12)8-7-5(10)3-2-4-6(7)11-14-8/h2-4H,1H3. The first-order chi connectivity index (χ1) is 6.74. The van der Waals surface area contributed by atoms with E-state index in [1.54, 1.807) is 6.07 Å². The number of halogens is 1. The molecule has 1 aromatic heterocycles. The summed E-state index contributed by atoms with van der Waals surface area (Å²) in [5.74, 6) is -0.408. The van der Waals surface area contributed by atoms with E-state index in [2.05, 4.69) is 25.8 Å². The zero-order chi connectivity index (χ0) is 10.1. The number of ether oxygens (including phenoxy) is 1. The molecule has 0 bridgehead atoms. The Bertz CT molecular complexity index is 492. The third-order valence-corrected chi connectivity index (χ3v) is 2.49. The van der Waals surface area contributed by atoms with Crippen LogP contribution in [0, 0.1) is 0 Å². The number of methoxy groups -OCH3 is 1. The van der Waals surface area contributed by atoms with Crippen LogP contribution in [0.1, 0.15) is 10.6 Å². The second-order valence-electron chi connectivity index (χ2n) is 2.64. The average molecular weight is 256 g/mol. The van der Waals surface area contributed by atoms with E-state index < -0.39 is 5.97 Å². The fourth-order valence-corrected chi connectivity index (χ4v) is 1.72. The molecule has 0 N–H and O–H groups in total. The lowest BCUT2D eigenvalue weighted by atomic mass is 10.2. The van der Waals surface area contributed by atoms with Gasteiger partial charge in [0.15, 0.2) is 0 Å². The Kier molecular flexibility index (Phi) is 2.25. The Morgan fingerprint density at radius 1 is 1.57 bits per heavy atom. The fraction of sp³-hybridized carbons (Fsp3) is 0.111. The molecule has 1 heterocycles. The predicted molar refractivity (Wildman–Crippen MR) is 53.0 cm³/mol. The molecule has 0 atom stereocenters. The van der Waals surface area contributed by atoms with Crippen molar-refractivity contribution in [3.8, 4) is 0 Å². The molecular weight excluding hydrogens is 250 g/mol. The van der Waals surface area contributed by atoms with Crippen molar-refractivity contribution in [3.63, 3.8) is 0 Å². The van der Waals surface area contributed by atoms with Gasteiger partial charge in [-0.1, -0.05) is 11.2 Å². The summed E-state index contributed by atoms with van der Waals surface area (Å²) >= 11 is 3.32. The topological polar surface area (TPSA) is 52.3 Å². The van der Waals surface area contributed by atoms with E-state index in [1.807, 2.05) is 12.1 Å². The summed E-state index contributed by atoms with van der Waals surface area (Å²) in [5.41, 5.74) is 0.625. The Morgan fingerprint density at radius 2 is 2.36 bits per heavy atom. The van der Waals surface area contributed by atoms with Gasteiger partial charge in [-0.3, -0.25) is 0 Å². The third-order valence-electron chi connectivity index (χ3n) is 1.82. The van der Waals surface area contributed by atoms with Crippen LogP contribution in [0.15, 0.2) is 27.2 Å². The van der Waals surface area contributed by atoms with Gasteiger partial charge in [0.05, 0.1) is 12.5 Å². The molecule has 14 heavy (non-hydrogen) atoms. The summed E-state index contributed by atoms with van der Waals surface area (Å²) in [7, 11) is 1.30. The predicted octanol–water partition coefficient (Wildman–Crippen LogP) is 2.38. The molecule has 0 saturated heterocycles. The molecule has 2 aromatic rings. The summed E-state index contributed by atoms with van der Waals surface area (Å²) in [6.45, 7) is 0. The largest absolute Gasteiger partial charge is 0.463 e. The van der Waals surface area contributed by atoms with Gasteiger partial charge in [0.2, 0.25) is 0 Å². The van der Waals surface area contributed by atoms with Gasteiger partial charge in [0.1, 0.15) is 5.52 Å². The third kappa shape index (κ3) is 1.29. The average Bonchev–Trinajstić information content (AvgIpc) is 2.62. The van der Waals surface area contributed by atoms with E-state index in [0.717, 1.165) is 4.47 Å². The highest BCUT2D eigenvalue weighted by Gasteiger charge is 2.18. The molecule has 1 aromatic carbocycles. The molecule has 0 radical (unpaired) electrons. The Hall–Kier alpha value is -1.36. The highest BCUT2D eigenvalue weighted by Crippen LogP contribution is 2.27. The van der Waals surface area contributed by atoms with E-state index >= 15 is 0 Å². The normalized spacial score (nSPS) is 10.4. The van der Waals surface area contributed by atoms with Crippen LogP contribution in [0.4, 0.5) is 0 Å². The van der Waals surface area contributed by atoms with Crippen LogP contribution in [0.3, 0.4) is 0 Å². The van der Waals surface area contributed by atoms with Crippen LogP contribution in [0.25, 0.3) is 10.9 Å². The number of fused-ring (bicyclic) bond motifs is 1. The van der Waals surface area contributed by atoms with Gasteiger partial charge in [0.25, 0.3) is 5.76 Å². The highest BCUT2D eigenvalue weighted by atomic mass is 79.9. The van der Waals surface area contributed by atoms with Gasteiger partial charge in [-0.15, -0.1) is 0 Å². The van der Waals surface area contributed by atoms with Gasteiger partial charge < -0.3 is 9.26 Å². The first-order valence-corrected chi connectivity index (χ1v) is 4.65. The molecule has 0 aliphatic rings. The summed E-state index contributed by atoms with van der Waals surface area (Å²) < 4.78 is 10.2. The zero-order valence-electron chi connectivity index (χ0n) is 7.28. The van der Waals surface area contributed by atoms with E-state index in [9.17, 15) is 4.79 Å². The number of rotatable bonds is 1. The molecule has 0 spiro atoms. The molecule has 72 valence electrons. The van der Waals surface area contributed by atoms with Gasteiger partial charge in [-0.05, 0) is 28.1 Å². The van der Waals surface area contributed by atoms with Gasteiger partial charge in [-0.25, -0.2) is 4.79 Å². The summed E-state index contributed by atoms with van der Waals surface area (Å²) in [4.78, 5) is 11.3. The number of carbonyl (C=O) groups is 1. The number of hydrogen-bond acceptors (Lipinski definition) is 4. The van der Waals surface area contributed by atoms with Crippen molar-refractivity contribution in [2.24, 2.45) is 0 Å². The minimum absolute atomic E-state index is 0.120. The molecule has 2 rings (SSSR count). The van der Waals surface area contributed by atoms with Crippen LogP contribution in [-0.2, 0) is 4.74 Å². The van der Waals surface area contributed by atoms with E-state index in [0.29, 0.717) is 10.9 Å². The molecule has 5 heteroatoms. The minimum atomic E-state index is -0.528. The smallest absolute Gasteiger partial charge is 0.377 e. The minimum Gasteiger partial charge on any atom is -0.463 e. The van der Waals surface area contributed by atoms with Crippen molar-refractivity contribution in [2.45, 2.75) is 0 Å². The maximum atomic E-state index is 11.3. The number of nitrogens with zero attached hydrogens (tertiary/aromatic N) is 1. The second kappa shape index (κ2) is 3.42. The van der Waals surface area contributed by atoms with E-state index in [4.69, 9.17) is 4.52 Å². The van der Waals surface area contributed by atoms with Gasteiger partial charge >= 0.3 is 5.97 Å². The SMILES string of the molecule is COC(=O)c1onc2cccc(Br)c12. The van der Waals surface area contributed by atoms with Gasteiger partial charge in [0, 0.05) is 4.47 Å². The molecule has 0 unspecified atom stereocenters. The molecule has 0 aliphatic carbocycles. The van der Waals surface area contributed by atoms with Crippen LogP contribution in [-0.4, -0.2) is 18.2 Å². The van der Waals surface area contributed by atoms with Crippen molar-refractivity contribution in [1.82, 2.24) is 5.16 Å². The molecule has 0 saturated carbocycles. The number of esters is 1. The first-order valence-electron chi connectivity index (χ1n) is 3.86. The number of carbonyl (C=O) groups excluding carboxylic acids is 1. The molecule has 0 aliphatic heterocycles. The fourth-order valence-electron chi connectivity index (χ4n) is 1.19. The van der Waals surface area contributed by atoms with Gasteiger partial charge in [-0.2, -0.15) is 0 Å². The van der Waals surface area contributed by atoms with Crippen LogP contribution in [0.2, 0.25) is 0 Å². The van der Waals surface area contributed by atoms with Crippen molar-refractivity contribution in [3.05, 3.63) is 28.4 Å². The van der Waals surface area contributed by atoms with Crippen molar-refractivity contribution in [1.29, 1.82) is 0 Å². The Labute approximate surface area is 88.0 Å². The molecular formula is C9H6BrNO3. The van der Waals surface area contributed by atoms with Crippen molar-refractivity contribution < 1.29 is 14.1 Å². The quantitative estimate of drug-likeness (QED) is 0.735. The van der Waals surface area contributed by atoms with Crippen LogP contribution < -0.4 is 0 Å². The summed E-state index contributed by atoms with van der Waals surface area (Å²) in [6, 6.07) is 5.39. The van der Waals surface area contributed by atoms with Crippen LogP contribution in [0.5, 0.6) is 0 Å². The van der Waals surface area contributed by atoms with Crippen molar-refractivity contribution >= 4 is 32.8 Å². The summed E-state index contributed by atoms with van der Waals surface area (Å²) in [6.07, 6.45) is 0. The number of aromatic nitrogens is 1. The number of benzene rings is 1. The molecule has 4 nitrogen and oxygen atoms in total. The van der Waals surface area contributed by atoms with E-state index in [-0.39, 0.29) is 5.76 Å². The monoisotopic (exact) mass is 255 g/mol. The highest BCUT2D eigenvalue weighted by molar-refractivity contribution is 9.10. The first kappa shape index (κ1) is 9.21. The summed E-state index contributed by atoms with van der Waals surface area (Å²) in [5, 5.41) is 4.38. The maximum Gasteiger partial charge on any atom is 0.377 e. The van der Waals surface area contributed by atoms with E-state index in [1.165, 1.54) is 7.11 Å². The maximum absolute atomic E-state index is 11.3. The zero-order valence-corrected chi connectivity index (χ0v) is 8.87. The molecule has 0 amide bonds. The Balaban J connectivity index is 2.73. The molecule has 0 fully saturated rings.